The number of rotatable bonds is 1. The molecule has 1 aliphatic heterocycles. The molecule has 1 aromatic heterocycles. The molecule has 2 heterocycles. The lowest BCUT2D eigenvalue weighted by Crippen LogP contribution is -2.32. The van der Waals surface area contributed by atoms with Gasteiger partial charge in [-0.3, -0.25) is 0 Å². The van der Waals surface area contributed by atoms with Gasteiger partial charge in [-0.15, -0.1) is 0 Å². The normalized spacial score (nSPS) is 15.0. The molecule has 6 heteroatoms. The smallest absolute Gasteiger partial charge is 0.351 e. The number of pyridine rings is 1. The average molecular weight is 296 g/mol. The number of anilines is 1. The lowest BCUT2D eigenvalue weighted by atomic mass is 9.99. The molecule has 0 aliphatic carbocycles. The minimum atomic E-state index is -4.44. The number of aromatic nitrogens is 1. The zero-order valence-electron chi connectivity index (χ0n) is 11.0. The van der Waals surface area contributed by atoms with E-state index in [1.807, 2.05) is 0 Å². The third kappa shape index (κ3) is 2.70. The van der Waals surface area contributed by atoms with Gasteiger partial charge in [-0.1, -0.05) is 6.07 Å². The van der Waals surface area contributed by atoms with Gasteiger partial charge in [-0.05, 0) is 41.8 Å². The van der Waals surface area contributed by atoms with E-state index in [0.29, 0.717) is 19.5 Å². The fourth-order valence-corrected chi connectivity index (χ4v) is 2.57. The monoisotopic (exact) mass is 296 g/mol. The van der Waals surface area contributed by atoms with Crippen LogP contribution in [-0.4, -0.2) is 11.5 Å². The topological polar surface area (TPSA) is 16.1 Å². The molecule has 0 saturated carbocycles. The van der Waals surface area contributed by atoms with E-state index in [9.17, 15) is 17.6 Å². The van der Waals surface area contributed by atoms with Crippen LogP contribution in [0.3, 0.4) is 0 Å². The van der Waals surface area contributed by atoms with Crippen LogP contribution < -0.4 is 4.90 Å². The van der Waals surface area contributed by atoms with Crippen LogP contribution in [-0.2, 0) is 19.1 Å². The van der Waals surface area contributed by atoms with Crippen LogP contribution >= 0.6 is 0 Å². The van der Waals surface area contributed by atoms with E-state index in [4.69, 9.17) is 0 Å². The van der Waals surface area contributed by atoms with Gasteiger partial charge in [-0.25, -0.2) is 9.37 Å². The number of nitrogens with zero attached hydrogens (tertiary/aromatic N) is 2. The molecule has 2 aromatic rings. The average Bonchev–Trinajstić information content (AvgIpc) is 2.46. The van der Waals surface area contributed by atoms with Gasteiger partial charge in [-0.2, -0.15) is 13.2 Å². The van der Waals surface area contributed by atoms with Crippen LogP contribution in [0.4, 0.5) is 23.4 Å². The van der Waals surface area contributed by atoms with Gasteiger partial charge in [0.1, 0.15) is 11.6 Å². The van der Waals surface area contributed by atoms with Gasteiger partial charge in [0, 0.05) is 19.3 Å². The fourth-order valence-electron chi connectivity index (χ4n) is 2.57. The lowest BCUT2D eigenvalue weighted by Gasteiger charge is -2.31. The molecule has 0 spiro atoms. The lowest BCUT2D eigenvalue weighted by molar-refractivity contribution is -0.137. The zero-order chi connectivity index (χ0) is 15.0. The standard InChI is InChI=1S/C15H12F4N2/c16-12-4-3-11-9-21(7-5-10(11)8-12)14-13(15(17,18)19)2-1-6-20-14/h1-4,6,8H,5,7,9H2. The first-order valence-electron chi connectivity index (χ1n) is 6.49. The first kappa shape index (κ1) is 13.9. The maximum absolute atomic E-state index is 13.2. The minimum Gasteiger partial charge on any atom is -0.351 e. The van der Waals surface area contributed by atoms with Crippen LogP contribution in [0.25, 0.3) is 0 Å². The van der Waals surface area contributed by atoms with Crippen molar-refractivity contribution < 1.29 is 17.6 Å². The summed E-state index contributed by atoms with van der Waals surface area (Å²) in [5.74, 6) is -0.393. The highest BCUT2D eigenvalue weighted by molar-refractivity contribution is 5.51. The number of fused-ring (bicyclic) bond motifs is 1. The van der Waals surface area contributed by atoms with Crippen molar-refractivity contribution in [2.45, 2.75) is 19.1 Å². The molecule has 21 heavy (non-hydrogen) atoms. The van der Waals surface area contributed by atoms with Crippen molar-refractivity contribution in [3.63, 3.8) is 0 Å². The highest BCUT2D eigenvalue weighted by atomic mass is 19.4. The summed E-state index contributed by atoms with van der Waals surface area (Å²) in [6.07, 6.45) is -2.58. The summed E-state index contributed by atoms with van der Waals surface area (Å²) in [6.45, 7) is 0.687. The first-order valence-corrected chi connectivity index (χ1v) is 6.49. The maximum Gasteiger partial charge on any atom is 0.419 e. The van der Waals surface area contributed by atoms with Gasteiger partial charge in [0.05, 0.1) is 5.56 Å². The van der Waals surface area contributed by atoms with Crippen LogP contribution in [0, 0.1) is 5.82 Å². The van der Waals surface area contributed by atoms with E-state index in [1.165, 1.54) is 24.4 Å². The molecular weight excluding hydrogens is 284 g/mol. The minimum absolute atomic E-state index is 0.0695. The Morgan fingerprint density at radius 3 is 2.67 bits per heavy atom. The Hall–Kier alpha value is -2.11. The maximum atomic E-state index is 13.2. The molecule has 0 saturated heterocycles. The third-order valence-electron chi connectivity index (χ3n) is 3.57. The zero-order valence-corrected chi connectivity index (χ0v) is 11.0. The summed E-state index contributed by atoms with van der Waals surface area (Å²) >= 11 is 0. The van der Waals surface area contributed by atoms with E-state index < -0.39 is 11.7 Å². The van der Waals surface area contributed by atoms with Gasteiger partial charge in [0.15, 0.2) is 0 Å². The van der Waals surface area contributed by atoms with Crippen LogP contribution in [0.2, 0.25) is 0 Å². The second-order valence-electron chi connectivity index (χ2n) is 4.96. The predicted octanol–water partition coefficient (Wildman–Crippen LogP) is 3.80. The second kappa shape index (κ2) is 5.02. The largest absolute Gasteiger partial charge is 0.419 e. The van der Waals surface area contributed by atoms with Crippen molar-refractivity contribution in [1.82, 2.24) is 4.98 Å². The highest BCUT2D eigenvalue weighted by Gasteiger charge is 2.36. The number of halogens is 4. The molecule has 0 unspecified atom stereocenters. The van der Waals surface area contributed by atoms with Crippen LogP contribution in [0.5, 0.6) is 0 Å². The van der Waals surface area contributed by atoms with E-state index >= 15 is 0 Å². The van der Waals surface area contributed by atoms with Gasteiger partial charge < -0.3 is 4.90 Å². The fraction of sp³-hybridized carbons (Fsp3) is 0.267. The quantitative estimate of drug-likeness (QED) is 0.744. The van der Waals surface area contributed by atoms with Gasteiger partial charge in [0.25, 0.3) is 0 Å². The summed E-state index contributed by atoms with van der Waals surface area (Å²) in [5.41, 5.74) is 0.938. The van der Waals surface area contributed by atoms with E-state index in [1.54, 1.807) is 11.0 Å². The Morgan fingerprint density at radius 1 is 1.10 bits per heavy atom. The molecule has 0 bridgehead atoms. The molecule has 0 radical (unpaired) electrons. The van der Waals surface area contributed by atoms with Crippen molar-refractivity contribution in [2.24, 2.45) is 0 Å². The van der Waals surface area contributed by atoms with Crippen LogP contribution in [0.15, 0.2) is 36.5 Å². The highest BCUT2D eigenvalue weighted by Crippen LogP contribution is 2.36. The number of hydrogen-bond donors (Lipinski definition) is 0. The van der Waals surface area contributed by atoms with Gasteiger partial charge in [0.2, 0.25) is 0 Å². The molecule has 2 nitrogen and oxygen atoms in total. The van der Waals surface area contributed by atoms with Crippen molar-refractivity contribution in [2.75, 3.05) is 11.4 Å². The summed E-state index contributed by atoms with van der Waals surface area (Å²) in [7, 11) is 0. The molecule has 110 valence electrons. The van der Waals surface area contributed by atoms with E-state index in [0.717, 1.165) is 17.2 Å². The summed E-state index contributed by atoms with van der Waals surface area (Å²) in [4.78, 5) is 5.48. The first-order chi connectivity index (χ1) is 9.95. The molecular formula is C15H12F4N2. The molecule has 1 aromatic carbocycles. The van der Waals surface area contributed by atoms with E-state index in [-0.39, 0.29) is 11.6 Å². The number of alkyl halides is 3. The molecule has 1 aliphatic rings. The Morgan fingerprint density at radius 2 is 1.90 bits per heavy atom. The predicted molar refractivity (Wildman–Crippen MR) is 70.4 cm³/mol. The number of benzene rings is 1. The summed E-state index contributed by atoms with van der Waals surface area (Å²) in [6, 6.07) is 6.69. The molecule has 0 fully saturated rings. The Bertz CT molecular complexity index is 667. The van der Waals surface area contributed by atoms with Crippen molar-refractivity contribution in [1.29, 1.82) is 0 Å². The Kier molecular flexibility index (Phi) is 3.31. The van der Waals surface area contributed by atoms with E-state index in [2.05, 4.69) is 4.98 Å². The third-order valence-corrected chi connectivity index (χ3v) is 3.57. The SMILES string of the molecule is Fc1ccc2c(c1)CCN(c1ncccc1C(F)(F)F)C2. The molecule has 0 atom stereocenters. The molecule has 0 amide bonds. The Labute approximate surface area is 119 Å². The summed E-state index contributed by atoms with van der Waals surface area (Å²) < 4.78 is 52.3. The van der Waals surface area contributed by atoms with Crippen LogP contribution in [0.1, 0.15) is 16.7 Å². The second-order valence-corrected chi connectivity index (χ2v) is 4.96. The summed E-state index contributed by atoms with van der Waals surface area (Å²) in [5, 5.41) is 0. The number of hydrogen-bond acceptors (Lipinski definition) is 2. The van der Waals surface area contributed by atoms with Crippen molar-refractivity contribution in [3.05, 3.63) is 59.0 Å². The van der Waals surface area contributed by atoms with Crippen molar-refractivity contribution in [3.8, 4) is 0 Å². The Balaban J connectivity index is 1.95. The van der Waals surface area contributed by atoms with Gasteiger partial charge >= 0.3 is 6.18 Å². The molecule has 0 N–H and O–H groups in total. The van der Waals surface area contributed by atoms with Crippen molar-refractivity contribution >= 4 is 5.82 Å². The molecule has 3 rings (SSSR count).